The summed E-state index contributed by atoms with van der Waals surface area (Å²) in [5.74, 6) is -0.857. The third-order valence-corrected chi connectivity index (χ3v) is 7.95. The first kappa shape index (κ1) is 30.1. The Morgan fingerprint density at radius 3 is 2.58 bits per heavy atom. The number of azide groups is 1. The molecule has 6 N–H and O–H groups in total. The Hall–Kier alpha value is -2.17. The van der Waals surface area contributed by atoms with E-state index in [0.717, 1.165) is 4.57 Å². The highest BCUT2D eigenvalue weighted by Crippen LogP contribution is 2.66. The molecule has 0 aromatic carbocycles. The number of nitrogens with zero attached hydrogens (tertiary/aromatic N) is 5. The van der Waals surface area contributed by atoms with Gasteiger partial charge in [-0.05, 0) is 18.0 Å². The number of anilines is 1. The molecule has 5 atom stereocenters. The number of phosphoric acid groups is 3. The zero-order valence-electron chi connectivity index (χ0n) is 17.9. The van der Waals surface area contributed by atoms with Gasteiger partial charge in [0, 0.05) is 30.5 Å². The van der Waals surface area contributed by atoms with Crippen molar-refractivity contribution in [3.8, 4) is 0 Å². The Bertz CT molecular complexity index is 1200. The summed E-state index contributed by atoms with van der Waals surface area (Å²) in [4.78, 5) is 66.4. The molecule has 0 amide bonds. The second kappa shape index (κ2) is 12.4. The minimum absolute atomic E-state index is 0.0113. The maximum atomic E-state index is 12.1. The smallest absolute Gasteiger partial charge is 0.459 e. The lowest BCUT2D eigenvalue weighted by Gasteiger charge is -2.21. The molecule has 0 spiro atoms. The largest absolute Gasteiger partial charge is 0.490 e. The van der Waals surface area contributed by atoms with Crippen molar-refractivity contribution >= 4 is 35.3 Å². The van der Waals surface area contributed by atoms with E-state index in [2.05, 4.69) is 28.2 Å². The van der Waals surface area contributed by atoms with Gasteiger partial charge in [0.2, 0.25) is 0 Å². The maximum Gasteiger partial charge on any atom is 0.490 e. The number of carbonyl (C=O) groups excluding carboxylic acids is 1. The molecule has 1 saturated heterocycles. The van der Waals surface area contributed by atoms with Gasteiger partial charge < -0.3 is 34.8 Å². The molecule has 0 saturated carbocycles. The molecular formula is C13H21N6O14P3. The molecule has 0 radical (unpaired) electrons. The summed E-state index contributed by atoms with van der Waals surface area (Å²) in [6, 6.07) is 1.28. The van der Waals surface area contributed by atoms with Gasteiger partial charge in [-0.3, -0.25) is 13.9 Å². The van der Waals surface area contributed by atoms with Gasteiger partial charge in [-0.25, -0.2) is 18.5 Å². The molecule has 1 aromatic rings. The van der Waals surface area contributed by atoms with Crippen LogP contribution in [0.1, 0.15) is 25.5 Å². The zero-order chi connectivity index (χ0) is 27.1. The molecule has 36 heavy (non-hydrogen) atoms. The van der Waals surface area contributed by atoms with Gasteiger partial charge in [0.1, 0.15) is 24.3 Å². The van der Waals surface area contributed by atoms with Crippen LogP contribution in [0.25, 0.3) is 10.4 Å². The van der Waals surface area contributed by atoms with Crippen molar-refractivity contribution < 1.29 is 60.7 Å². The number of aromatic nitrogens is 2. The summed E-state index contributed by atoms with van der Waals surface area (Å²) >= 11 is 0. The number of ether oxygens (including phenoxy) is 2. The van der Waals surface area contributed by atoms with Crippen LogP contribution in [0.3, 0.4) is 0 Å². The molecule has 1 aromatic heterocycles. The average molecular weight is 578 g/mol. The van der Waals surface area contributed by atoms with E-state index >= 15 is 0 Å². The van der Waals surface area contributed by atoms with E-state index in [-0.39, 0.29) is 31.6 Å². The van der Waals surface area contributed by atoms with E-state index in [1.807, 2.05) is 0 Å². The normalized spacial score (nSPS) is 23.3. The molecular weight excluding hydrogens is 557 g/mol. The van der Waals surface area contributed by atoms with Gasteiger partial charge in [-0.2, -0.15) is 13.6 Å². The number of hydrogen-bond acceptors (Lipinski definition) is 13. The monoisotopic (exact) mass is 578 g/mol. The highest BCUT2D eigenvalue weighted by atomic mass is 31.3. The summed E-state index contributed by atoms with van der Waals surface area (Å²) < 4.78 is 57.8. The molecule has 1 fully saturated rings. The Labute approximate surface area is 201 Å². The van der Waals surface area contributed by atoms with Crippen LogP contribution < -0.4 is 11.4 Å². The van der Waals surface area contributed by atoms with Crippen LogP contribution in [0.2, 0.25) is 0 Å². The molecule has 20 nitrogen and oxygen atoms in total. The highest BCUT2D eigenvalue weighted by Gasteiger charge is 2.44. The SMILES string of the molecule is [N-]=[N+]=NCCCC(=O)OC1C[C@H](n2ccc(N)nc2=O)O[C@@H]1COP(=O)(O)OP(=O)(O)OP(=O)(O)O. The molecule has 0 bridgehead atoms. The number of carbonyl (C=O) groups is 1. The zero-order valence-corrected chi connectivity index (χ0v) is 20.6. The fourth-order valence-electron chi connectivity index (χ4n) is 2.83. The number of esters is 1. The molecule has 23 heteroatoms. The molecule has 3 unspecified atom stereocenters. The standard InChI is InChI=1S/C13H21N6O14P3/c14-10-3-5-19(13(21)17-10)11-6-8(31-12(20)2-1-4-16-18-15)9(30-11)7-29-35(25,26)33-36(27,28)32-34(22,23)24/h3,5,8-9,11H,1-2,4,6-7H2,(H,25,26)(H,27,28)(H2,14,17,21)(H2,22,23,24)/t8?,9-,11-/m1/s1. The van der Waals surface area contributed by atoms with Crippen molar-refractivity contribution in [2.75, 3.05) is 18.9 Å². The van der Waals surface area contributed by atoms with Crippen molar-refractivity contribution in [3.05, 3.63) is 33.2 Å². The van der Waals surface area contributed by atoms with Gasteiger partial charge in [-0.1, -0.05) is 5.11 Å². The summed E-state index contributed by atoms with van der Waals surface area (Å²) in [7, 11) is -16.8. The van der Waals surface area contributed by atoms with Crippen LogP contribution in [0.15, 0.2) is 22.2 Å². The molecule has 1 aliphatic rings. The molecule has 2 heterocycles. The predicted molar refractivity (Wildman–Crippen MR) is 114 cm³/mol. The van der Waals surface area contributed by atoms with E-state index in [9.17, 15) is 33.1 Å². The van der Waals surface area contributed by atoms with Crippen molar-refractivity contribution in [1.82, 2.24) is 9.55 Å². The van der Waals surface area contributed by atoms with Crippen molar-refractivity contribution in [2.45, 2.75) is 37.7 Å². The Kier molecular flexibility index (Phi) is 10.3. The fraction of sp³-hybridized carbons (Fsp3) is 0.615. The highest BCUT2D eigenvalue weighted by molar-refractivity contribution is 7.66. The van der Waals surface area contributed by atoms with Crippen molar-refractivity contribution in [2.24, 2.45) is 5.11 Å². The third-order valence-electron chi connectivity index (χ3n) is 4.15. The molecule has 0 aliphatic carbocycles. The summed E-state index contributed by atoms with van der Waals surface area (Å²) in [5, 5.41) is 3.26. The summed E-state index contributed by atoms with van der Waals surface area (Å²) in [6.07, 6.45) is -2.60. The first-order chi connectivity index (χ1) is 16.6. The van der Waals surface area contributed by atoms with E-state index < -0.39 is 60.2 Å². The molecule has 1 aliphatic heterocycles. The second-order valence-electron chi connectivity index (χ2n) is 6.88. The van der Waals surface area contributed by atoms with Crippen molar-refractivity contribution in [1.29, 1.82) is 0 Å². The lowest BCUT2D eigenvalue weighted by Crippen LogP contribution is -2.31. The fourth-order valence-corrected chi connectivity index (χ4v) is 5.86. The van der Waals surface area contributed by atoms with E-state index in [0.29, 0.717) is 0 Å². The lowest BCUT2D eigenvalue weighted by atomic mass is 10.2. The van der Waals surface area contributed by atoms with E-state index in [1.165, 1.54) is 12.3 Å². The predicted octanol–water partition coefficient (Wildman–Crippen LogP) is 0.459. The summed E-state index contributed by atoms with van der Waals surface area (Å²) in [5.41, 5.74) is 12.9. The number of nitrogen functional groups attached to an aromatic ring is 1. The Morgan fingerprint density at radius 1 is 1.28 bits per heavy atom. The van der Waals surface area contributed by atoms with Gasteiger partial charge in [-0.15, -0.1) is 0 Å². The topological polar surface area (TPSA) is 305 Å². The third kappa shape index (κ3) is 10.1. The van der Waals surface area contributed by atoms with Gasteiger partial charge in [0.15, 0.2) is 0 Å². The summed E-state index contributed by atoms with van der Waals surface area (Å²) in [6.45, 7) is -0.911. The van der Waals surface area contributed by atoms with Crippen LogP contribution in [-0.4, -0.2) is 60.5 Å². The van der Waals surface area contributed by atoms with Gasteiger partial charge in [0.05, 0.1) is 6.61 Å². The maximum absolute atomic E-state index is 12.1. The van der Waals surface area contributed by atoms with Crippen LogP contribution in [-0.2, 0) is 41.1 Å². The number of phosphoric ester groups is 1. The molecule has 2 rings (SSSR count). The molecule has 202 valence electrons. The van der Waals surface area contributed by atoms with Gasteiger partial charge in [0.25, 0.3) is 0 Å². The van der Waals surface area contributed by atoms with Gasteiger partial charge >= 0.3 is 35.1 Å². The lowest BCUT2D eigenvalue weighted by molar-refractivity contribution is -0.153. The number of hydrogen-bond donors (Lipinski definition) is 5. The minimum Gasteiger partial charge on any atom is -0.459 e. The van der Waals surface area contributed by atoms with Crippen LogP contribution >= 0.6 is 23.5 Å². The Balaban J connectivity index is 2.13. The quantitative estimate of drug-likeness (QED) is 0.0530. The van der Waals surface area contributed by atoms with E-state index in [4.69, 9.17) is 30.5 Å². The van der Waals surface area contributed by atoms with Crippen molar-refractivity contribution in [3.63, 3.8) is 0 Å². The van der Waals surface area contributed by atoms with Crippen LogP contribution in [0.5, 0.6) is 0 Å². The van der Waals surface area contributed by atoms with Crippen LogP contribution in [0.4, 0.5) is 5.82 Å². The number of rotatable bonds is 13. The second-order valence-corrected chi connectivity index (χ2v) is 11.3. The number of nitrogens with two attached hydrogens (primary N) is 1. The minimum atomic E-state index is -5.75. The Morgan fingerprint density at radius 2 is 1.97 bits per heavy atom. The first-order valence-corrected chi connectivity index (χ1v) is 14.1. The average Bonchev–Trinajstić information content (AvgIpc) is 3.09. The van der Waals surface area contributed by atoms with E-state index in [1.54, 1.807) is 0 Å². The van der Waals surface area contributed by atoms with Crippen LogP contribution in [0, 0.1) is 0 Å². The first-order valence-electron chi connectivity index (χ1n) is 9.59.